The van der Waals surface area contributed by atoms with E-state index in [1.807, 2.05) is 37.5 Å². The Balaban J connectivity index is 1.11. The summed E-state index contributed by atoms with van der Waals surface area (Å²) < 4.78 is 40.0. The molecule has 0 unspecified atom stereocenters. The number of carbonyl (C=O) groups excluding carboxylic acids is 3. The lowest BCUT2D eigenvalue weighted by Crippen LogP contribution is -2.58. The van der Waals surface area contributed by atoms with E-state index in [0.717, 1.165) is 16.7 Å². The number of nitrogens with zero attached hydrogens (tertiary/aromatic N) is 4. The second-order valence-electron chi connectivity index (χ2n) is 11.5. The lowest BCUT2D eigenvalue weighted by molar-refractivity contribution is -0.137. The molecular weight excluding hydrogens is 532 g/mol. The molecule has 11 heteroatoms. The summed E-state index contributed by atoms with van der Waals surface area (Å²) in [5.41, 5.74) is 2.75. The largest absolute Gasteiger partial charge is 0.492 e. The van der Waals surface area contributed by atoms with Crippen LogP contribution >= 0.6 is 0 Å². The van der Waals surface area contributed by atoms with Crippen molar-refractivity contribution < 1.29 is 27.9 Å². The topological polar surface area (TPSA) is 96.8 Å². The van der Waals surface area contributed by atoms with Crippen molar-refractivity contribution in [3.63, 3.8) is 0 Å². The number of aromatic nitrogens is 2. The van der Waals surface area contributed by atoms with Gasteiger partial charge in [0.15, 0.2) is 0 Å². The van der Waals surface area contributed by atoms with E-state index < -0.39 is 29.8 Å². The molecule has 3 aromatic rings. The van der Waals surface area contributed by atoms with E-state index in [4.69, 9.17) is 4.74 Å². The molecule has 4 aliphatic rings. The van der Waals surface area contributed by atoms with Crippen molar-refractivity contribution in [3.05, 3.63) is 71.0 Å². The first-order valence-electron chi connectivity index (χ1n) is 13.8. The number of benzene rings is 2. The minimum Gasteiger partial charge on any atom is -0.492 e. The third-order valence-corrected chi connectivity index (χ3v) is 8.99. The summed E-state index contributed by atoms with van der Waals surface area (Å²) in [6.07, 6.45) is 4.29. The Hall–Kier alpha value is -4.12. The van der Waals surface area contributed by atoms with Gasteiger partial charge in [-0.25, -0.2) is 8.78 Å². The van der Waals surface area contributed by atoms with Crippen LogP contribution in [0.5, 0.6) is 5.75 Å². The predicted molar refractivity (Wildman–Crippen MR) is 143 cm³/mol. The Morgan fingerprint density at radius 3 is 2.76 bits per heavy atom. The molecule has 2 fully saturated rings. The van der Waals surface area contributed by atoms with Gasteiger partial charge in [0.1, 0.15) is 18.4 Å². The van der Waals surface area contributed by atoms with E-state index in [0.29, 0.717) is 35.5 Å². The SMILES string of the molecule is Cn1cc(-c2cccc(CN3CC[C@]4(COc5c4ccc4c5CN([C@H]5CCC(=O)NC5=O)C4=O)C(F)(F)C3)c2)cn1. The number of rotatable bonds is 4. The van der Waals surface area contributed by atoms with Gasteiger partial charge in [-0.2, -0.15) is 5.10 Å². The molecule has 1 N–H and O–H groups in total. The number of aryl methyl sites for hydroxylation is 1. The standard InChI is InChI=1S/C30H29F2N5O4/c1-35-14-20(12-33-35)19-4-2-3-18(11-19)13-36-10-9-29(30(31,32)16-36)17-41-26-22-15-37(24-7-8-25(38)34-27(24)39)28(40)21(22)5-6-23(26)29/h2-6,11-12,14,24H,7-10,13,15-17H2,1H3,(H,34,38,39)/t24-,29+/m0/s1. The highest BCUT2D eigenvalue weighted by molar-refractivity contribution is 6.05. The van der Waals surface area contributed by atoms with Gasteiger partial charge < -0.3 is 9.64 Å². The van der Waals surface area contributed by atoms with E-state index in [1.165, 1.54) is 4.90 Å². The van der Waals surface area contributed by atoms with Crippen LogP contribution in [0, 0.1) is 0 Å². The smallest absolute Gasteiger partial charge is 0.273 e. The number of carbonyl (C=O) groups is 3. The van der Waals surface area contributed by atoms with Crippen molar-refractivity contribution in [2.24, 2.45) is 7.05 Å². The zero-order valence-corrected chi connectivity index (χ0v) is 22.5. The summed E-state index contributed by atoms with van der Waals surface area (Å²) in [4.78, 5) is 40.4. The Morgan fingerprint density at radius 1 is 1.15 bits per heavy atom. The van der Waals surface area contributed by atoms with Gasteiger partial charge in [0.05, 0.1) is 24.7 Å². The second-order valence-corrected chi connectivity index (χ2v) is 11.5. The highest BCUT2D eigenvalue weighted by Crippen LogP contribution is 2.55. The summed E-state index contributed by atoms with van der Waals surface area (Å²) in [5.74, 6) is -3.96. The average Bonchev–Trinajstić information content (AvgIpc) is 3.63. The molecule has 1 spiro atoms. The summed E-state index contributed by atoms with van der Waals surface area (Å²) >= 11 is 0. The minimum absolute atomic E-state index is 0.0880. The number of fused-ring (bicyclic) bond motifs is 4. The Bertz CT molecular complexity index is 1600. The molecule has 0 radical (unpaired) electrons. The number of piperidine rings is 2. The third-order valence-electron chi connectivity index (χ3n) is 8.99. The molecule has 0 aliphatic carbocycles. The lowest BCUT2D eigenvalue weighted by atomic mass is 9.71. The quantitative estimate of drug-likeness (QED) is 0.492. The molecule has 5 heterocycles. The first kappa shape index (κ1) is 25.8. The third kappa shape index (κ3) is 4.05. The fourth-order valence-electron chi connectivity index (χ4n) is 6.79. The predicted octanol–water partition coefficient (Wildman–Crippen LogP) is 3.02. The maximum absolute atomic E-state index is 16.1. The van der Waals surface area contributed by atoms with Gasteiger partial charge in [0.25, 0.3) is 11.8 Å². The Morgan fingerprint density at radius 2 is 2.00 bits per heavy atom. The van der Waals surface area contributed by atoms with E-state index in [9.17, 15) is 14.4 Å². The maximum atomic E-state index is 16.1. The molecule has 2 atom stereocenters. The van der Waals surface area contributed by atoms with Crippen LogP contribution in [-0.4, -0.2) is 69.0 Å². The van der Waals surface area contributed by atoms with Crippen LogP contribution in [-0.2, 0) is 35.1 Å². The number of imide groups is 1. The van der Waals surface area contributed by atoms with Crippen molar-refractivity contribution in [2.75, 3.05) is 19.7 Å². The fourth-order valence-corrected chi connectivity index (χ4v) is 6.79. The van der Waals surface area contributed by atoms with Crippen LogP contribution in [0.1, 0.15) is 46.3 Å². The number of halogens is 2. The molecule has 0 saturated carbocycles. The first-order valence-corrected chi connectivity index (χ1v) is 13.8. The molecule has 1 aromatic heterocycles. The molecule has 3 amide bonds. The van der Waals surface area contributed by atoms with Crippen LogP contribution in [0.2, 0.25) is 0 Å². The van der Waals surface area contributed by atoms with Gasteiger partial charge in [-0.1, -0.05) is 24.3 Å². The number of ether oxygens (including phenoxy) is 1. The van der Waals surface area contributed by atoms with Crippen LogP contribution in [0.3, 0.4) is 0 Å². The average molecular weight is 562 g/mol. The zero-order valence-electron chi connectivity index (χ0n) is 22.5. The molecule has 2 saturated heterocycles. The maximum Gasteiger partial charge on any atom is 0.273 e. The summed E-state index contributed by atoms with van der Waals surface area (Å²) in [6.45, 7) is 0.375. The van der Waals surface area contributed by atoms with Crippen LogP contribution in [0.25, 0.3) is 11.1 Å². The molecule has 0 bridgehead atoms. The summed E-state index contributed by atoms with van der Waals surface area (Å²) in [5, 5.41) is 6.51. The monoisotopic (exact) mass is 561 g/mol. The number of amides is 3. The van der Waals surface area contributed by atoms with E-state index >= 15 is 8.78 Å². The second kappa shape index (κ2) is 9.20. The van der Waals surface area contributed by atoms with Gasteiger partial charge in [0.2, 0.25) is 11.8 Å². The van der Waals surface area contributed by atoms with Crippen LogP contribution < -0.4 is 10.1 Å². The van der Waals surface area contributed by atoms with Crippen LogP contribution in [0.4, 0.5) is 8.78 Å². The minimum atomic E-state index is -3.07. The van der Waals surface area contributed by atoms with Gasteiger partial charge in [-0.05, 0) is 42.6 Å². The molecule has 4 aliphatic heterocycles. The van der Waals surface area contributed by atoms with Crippen molar-refractivity contribution in [3.8, 4) is 16.9 Å². The van der Waals surface area contributed by atoms with Crippen molar-refractivity contribution >= 4 is 17.7 Å². The van der Waals surface area contributed by atoms with Crippen molar-refractivity contribution in [2.45, 2.75) is 49.7 Å². The number of hydrogen-bond acceptors (Lipinski definition) is 6. The molecule has 212 valence electrons. The first-order chi connectivity index (χ1) is 19.6. The van der Waals surface area contributed by atoms with Gasteiger partial charge in [0, 0.05) is 48.5 Å². The molecular formula is C30H29F2N5O4. The van der Waals surface area contributed by atoms with Crippen molar-refractivity contribution in [1.29, 1.82) is 0 Å². The molecule has 9 nitrogen and oxygen atoms in total. The van der Waals surface area contributed by atoms with E-state index in [1.54, 1.807) is 27.9 Å². The number of nitrogens with one attached hydrogen (secondary N) is 1. The summed E-state index contributed by atoms with van der Waals surface area (Å²) in [6, 6.07) is 10.3. The van der Waals surface area contributed by atoms with E-state index in [-0.39, 0.29) is 44.2 Å². The van der Waals surface area contributed by atoms with Gasteiger partial charge in [-0.15, -0.1) is 0 Å². The zero-order chi connectivity index (χ0) is 28.5. The highest BCUT2D eigenvalue weighted by atomic mass is 19.3. The lowest BCUT2D eigenvalue weighted by Gasteiger charge is -2.44. The number of alkyl halides is 2. The molecule has 2 aromatic carbocycles. The summed E-state index contributed by atoms with van der Waals surface area (Å²) in [7, 11) is 1.85. The Kier molecular flexibility index (Phi) is 5.79. The molecule has 41 heavy (non-hydrogen) atoms. The number of hydrogen-bond donors (Lipinski definition) is 1. The van der Waals surface area contributed by atoms with Gasteiger partial charge in [-0.3, -0.25) is 29.3 Å². The molecule has 7 rings (SSSR count). The van der Waals surface area contributed by atoms with E-state index in [2.05, 4.69) is 10.4 Å². The number of likely N-dealkylation sites (tertiary alicyclic amines) is 1. The van der Waals surface area contributed by atoms with Crippen molar-refractivity contribution in [1.82, 2.24) is 24.9 Å². The van der Waals surface area contributed by atoms with Gasteiger partial charge >= 0.3 is 0 Å². The van der Waals surface area contributed by atoms with Crippen LogP contribution in [0.15, 0.2) is 48.8 Å². The normalized spacial score (nSPS) is 25.3. The highest BCUT2D eigenvalue weighted by Gasteiger charge is 2.62. The fraction of sp³-hybridized carbons (Fsp3) is 0.400. The Labute approximate surface area is 235 Å².